The zero-order valence-corrected chi connectivity index (χ0v) is 18.4. The summed E-state index contributed by atoms with van der Waals surface area (Å²) in [4.78, 5) is 0. The van der Waals surface area contributed by atoms with Gasteiger partial charge in [-0.25, -0.2) is 0 Å². The van der Waals surface area contributed by atoms with Gasteiger partial charge in [-0.05, 0) is 72.9 Å². The normalized spacial score (nSPS) is 10.6. The molecule has 3 aromatic carbocycles. The average molecular weight is 440 g/mol. The quantitative estimate of drug-likeness (QED) is 0.451. The molecule has 0 fully saturated rings. The van der Waals surface area contributed by atoms with E-state index < -0.39 is 0 Å². The first-order valence-electron chi connectivity index (χ1n) is 9.32. The first kappa shape index (κ1) is 20.3. The van der Waals surface area contributed by atoms with Crippen LogP contribution in [0.5, 0.6) is 11.5 Å². The van der Waals surface area contributed by atoms with Gasteiger partial charge in [0.1, 0.15) is 6.61 Å². The number of aryl methyl sites for hydroxylation is 3. The minimum absolute atomic E-state index is 0.510. The number of nitrogens with one attached hydrogen (secondary N) is 1. The second-order valence-electron chi connectivity index (χ2n) is 6.96. The molecule has 0 saturated heterocycles. The first-order valence-corrected chi connectivity index (χ1v) is 10.1. The van der Waals surface area contributed by atoms with E-state index in [9.17, 15) is 0 Å². The van der Waals surface area contributed by atoms with Gasteiger partial charge in [-0.1, -0.05) is 46.3 Å². The van der Waals surface area contributed by atoms with Crippen LogP contribution in [0.1, 0.15) is 27.8 Å². The molecule has 0 bridgehead atoms. The van der Waals surface area contributed by atoms with Gasteiger partial charge in [0.05, 0.1) is 7.11 Å². The zero-order valence-electron chi connectivity index (χ0n) is 16.8. The summed E-state index contributed by atoms with van der Waals surface area (Å²) in [5, 5.41) is 3.48. The Morgan fingerprint density at radius 1 is 0.821 bits per heavy atom. The minimum Gasteiger partial charge on any atom is -0.493 e. The maximum Gasteiger partial charge on any atom is 0.162 e. The summed E-state index contributed by atoms with van der Waals surface area (Å²) < 4.78 is 12.6. The number of ether oxygens (including phenoxy) is 2. The number of hydrogen-bond acceptors (Lipinski definition) is 3. The summed E-state index contributed by atoms with van der Waals surface area (Å²) in [6.45, 7) is 7.54. The highest BCUT2D eigenvalue weighted by Gasteiger charge is 2.11. The lowest BCUT2D eigenvalue weighted by molar-refractivity contribution is 0.283. The third kappa shape index (κ3) is 4.87. The van der Waals surface area contributed by atoms with Crippen LogP contribution in [0.4, 0.5) is 5.69 Å². The summed E-state index contributed by atoms with van der Waals surface area (Å²) in [7, 11) is 1.67. The summed E-state index contributed by atoms with van der Waals surface area (Å²) in [6.07, 6.45) is 0. The second kappa shape index (κ2) is 9.16. The molecular formula is C24H26BrNO2. The van der Waals surface area contributed by atoms with E-state index in [1.54, 1.807) is 7.11 Å². The van der Waals surface area contributed by atoms with Crippen LogP contribution in [0, 0.1) is 20.8 Å². The van der Waals surface area contributed by atoms with Crippen LogP contribution in [0.3, 0.4) is 0 Å². The Balaban J connectivity index is 1.73. The van der Waals surface area contributed by atoms with E-state index in [1.165, 1.54) is 22.3 Å². The van der Waals surface area contributed by atoms with Crippen molar-refractivity contribution in [1.29, 1.82) is 0 Å². The third-order valence-electron chi connectivity index (χ3n) is 4.97. The predicted octanol–water partition coefficient (Wildman–Crippen LogP) is 6.57. The molecule has 146 valence electrons. The molecule has 28 heavy (non-hydrogen) atoms. The molecule has 0 aliphatic heterocycles. The van der Waals surface area contributed by atoms with Gasteiger partial charge in [-0.3, -0.25) is 0 Å². The Kier molecular flexibility index (Phi) is 6.63. The van der Waals surface area contributed by atoms with Gasteiger partial charge >= 0.3 is 0 Å². The fourth-order valence-corrected chi connectivity index (χ4v) is 3.42. The summed E-state index contributed by atoms with van der Waals surface area (Å²) in [6, 6.07) is 18.6. The highest BCUT2D eigenvalue weighted by molar-refractivity contribution is 9.10. The van der Waals surface area contributed by atoms with Crippen molar-refractivity contribution in [3.05, 3.63) is 86.9 Å². The number of hydrogen-bond donors (Lipinski definition) is 1. The fourth-order valence-electron chi connectivity index (χ4n) is 2.96. The van der Waals surface area contributed by atoms with Gasteiger partial charge in [0.2, 0.25) is 0 Å². The summed E-state index contributed by atoms with van der Waals surface area (Å²) >= 11 is 3.68. The van der Waals surface area contributed by atoms with Crippen molar-refractivity contribution in [2.75, 3.05) is 12.4 Å². The molecule has 3 aromatic rings. The third-order valence-corrected chi connectivity index (χ3v) is 5.71. The van der Waals surface area contributed by atoms with E-state index in [0.29, 0.717) is 13.2 Å². The van der Waals surface area contributed by atoms with Crippen molar-refractivity contribution in [2.24, 2.45) is 0 Å². The predicted molar refractivity (Wildman–Crippen MR) is 119 cm³/mol. The molecule has 0 unspecified atom stereocenters. The van der Waals surface area contributed by atoms with E-state index >= 15 is 0 Å². The Labute approximate surface area is 175 Å². The Hall–Kier alpha value is -2.46. The SMILES string of the molecule is COc1cc(CNc2ccc(C)c(C)c2)c(Br)cc1OCc1ccccc1C. The van der Waals surface area contributed by atoms with Crippen molar-refractivity contribution in [3.63, 3.8) is 0 Å². The van der Waals surface area contributed by atoms with Gasteiger partial charge in [0, 0.05) is 16.7 Å². The molecule has 0 heterocycles. The molecule has 4 heteroatoms. The molecular weight excluding hydrogens is 414 g/mol. The molecule has 0 aromatic heterocycles. The van der Waals surface area contributed by atoms with Gasteiger partial charge in [-0.2, -0.15) is 0 Å². The number of anilines is 1. The number of halogens is 1. The van der Waals surface area contributed by atoms with Gasteiger partial charge in [0.15, 0.2) is 11.5 Å². The molecule has 0 aliphatic rings. The lowest BCUT2D eigenvalue weighted by atomic mass is 10.1. The largest absolute Gasteiger partial charge is 0.493 e. The molecule has 3 nitrogen and oxygen atoms in total. The van der Waals surface area contributed by atoms with E-state index in [1.807, 2.05) is 24.3 Å². The number of rotatable bonds is 7. The lowest BCUT2D eigenvalue weighted by Gasteiger charge is -2.16. The molecule has 1 N–H and O–H groups in total. The van der Waals surface area contributed by atoms with Crippen LogP contribution in [-0.2, 0) is 13.2 Å². The van der Waals surface area contributed by atoms with E-state index in [-0.39, 0.29) is 0 Å². The van der Waals surface area contributed by atoms with Gasteiger partial charge in [-0.15, -0.1) is 0 Å². The van der Waals surface area contributed by atoms with Crippen molar-refractivity contribution < 1.29 is 9.47 Å². The molecule has 0 radical (unpaired) electrons. The molecule has 3 rings (SSSR count). The topological polar surface area (TPSA) is 30.5 Å². The average Bonchev–Trinajstić information content (AvgIpc) is 2.69. The molecule has 0 spiro atoms. The Bertz CT molecular complexity index is 969. The Morgan fingerprint density at radius 2 is 1.61 bits per heavy atom. The fraction of sp³-hybridized carbons (Fsp3) is 0.250. The summed E-state index contributed by atoms with van der Waals surface area (Å²) in [5.41, 5.74) is 7.17. The molecule has 0 saturated carbocycles. The van der Waals surface area contributed by atoms with Crippen molar-refractivity contribution >= 4 is 21.6 Å². The number of benzene rings is 3. The van der Waals surface area contributed by atoms with E-state index in [0.717, 1.165) is 27.2 Å². The number of methoxy groups -OCH3 is 1. The molecule has 0 amide bonds. The van der Waals surface area contributed by atoms with Crippen LogP contribution in [0.15, 0.2) is 59.1 Å². The zero-order chi connectivity index (χ0) is 20.1. The highest BCUT2D eigenvalue weighted by Crippen LogP contribution is 2.34. The Morgan fingerprint density at radius 3 is 2.32 bits per heavy atom. The smallest absolute Gasteiger partial charge is 0.162 e. The van der Waals surface area contributed by atoms with Gasteiger partial charge in [0.25, 0.3) is 0 Å². The van der Waals surface area contributed by atoms with Gasteiger partial charge < -0.3 is 14.8 Å². The molecule has 0 atom stereocenters. The van der Waals surface area contributed by atoms with Crippen molar-refractivity contribution in [3.8, 4) is 11.5 Å². The maximum atomic E-state index is 6.05. The lowest BCUT2D eigenvalue weighted by Crippen LogP contribution is -2.04. The highest BCUT2D eigenvalue weighted by atomic mass is 79.9. The standard InChI is InChI=1S/C24H26BrNO2/c1-16-9-10-21(11-18(16)3)26-14-20-12-23(27-4)24(13-22(20)25)28-15-19-8-6-5-7-17(19)2/h5-13,26H,14-15H2,1-4H3. The maximum absolute atomic E-state index is 6.05. The monoisotopic (exact) mass is 439 g/mol. The molecule has 0 aliphatic carbocycles. The first-order chi connectivity index (χ1) is 13.5. The van der Waals surface area contributed by atoms with Crippen LogP contribution in [0.2, 0.25) is 0 Å². The van der Waals surface area contributed by atoms with E-state index in [2.05, 4.69) is 72.3 Å². The van der Waals surface area contributed by atoms with Crippen molar-refractivity contribution in [1.82, 2.24) is 0 Å². The van der Waals surface area contributed by atoms with Crippen molar-refractivity contribution in [2.45, 2.75) is 33.9 Å². The van der Waals surface area contributed by atoms with Crippen LogP contribution in [0.25, 0.3) is 0 Å². The van der Waals surface area contributed by atoms with Crippen LogP contribution < -0.4 is 14.8 Å². The minimum atomic E-state index is 0.510. The van der Waals surface area contributed by atoms with E-state index in [4.69, 9.17) is 9.47 Å². The van der Waals surface area contributed by atoms with Crippen LogP contribution >= 0.6 is 15.9 Å². The second-order valence-corrected chi connectivity index (χ2v) is 7.82. The summed E-state index contributed by atoms with van der Waals surface area (Å²) in [5.74, 6) is 1.46. The van der Waals surface area contributed by atoms with Crippen LogP contribution in [-0.4, -0.2) is 7.11 Å².